The van der Waals surface area contributed by atoms with Crippen LogP contribution in [-0.2, 0) is 22.4 Å². The number of carbonyl (C=O) groups is 1. The van der Waals surface area contributed by atoms with Crippen LogP contribution in [0.5, 0.6) is 0 Å². The van der Waals surface area contributed by atoms with Gasteiger partial charge in [0.1, 0.15) is 6.42 Å². The summed E-state index contributed by atoms with van der Waals surface area (Å²) in [5, 5.41) is 3.77. The summed E-state index contributed by atoms with van der Waals surface area (Å²) in [6.45, 7) is 4.07. The molecule has 6 heteroatoms. The van der Waals surface area contributed by atoms with E-state index in [1.807, 2.05) is 11.0 Å². The Balaban J connectivity index is 1.40. The Morgan fingerprint density at radius 2 is 2.07 bits per heavy atom. The van der Waals surface area contributed by atoms with Gasteiger partial charge in [-0.15, -0.1) is 0 Å². The van der Waals surface area contributed by atoms with E-state index < -0.39 is 0 Å². The van der Waals surface area contributed by atoms with Crippen molar-refractivity contribution >= 4 is 5.91 Å². The Morgan fingerprint density at radius 3 is 2.78 bits per heavy atom. The molecule has 2 heterocycles. The molecular formula is C21H27N3O3. The number of ether oxygens (including phenoxy) is 1. The molecule has 1 aromatic carbocycles. The molecule has 0 spiro atoms. The number of rotatable bonds is 7. The normalized spacial score (nSPS) is 22.8. The summed E-state index contributed by atoms with van der Waals surface area (Å²) in [6.07, 6.45) is 4.81. The molecule has 2 aromatic rings. The molecule has 4 rings (SSSR count). The number of benzene rings is 1. The second kappa shape index (κ2) is 8.21. The lowest BCUT2D eigenvalue weighted by Crippen LogP contribution is -2.48. The molecule has 1 amide bonds. The topological polar surface area (TPSA) is 68.5 Å². The number of hydrogen-bond donors (Lipinski definition) is 0. The van der Waals surface area contributed by atoms with Crippen molar-refractivity contribution in [3.8, 4) is 0 Å². The van der Waals surface area contributed by atoms with E-state index in [2.05, 4.69) is 34.4 Å². The van der Waals surface area contributed by atoms with Gasteiger partial charge < -0.3 is 14.2 Å². The van der Waals surface area contributed by atoms with Crippen molar-refractivity contribution in [3.05, 3.63) is 47.6 Å². The maximum atomic E-state index is 12.7. The van der Waals surface area contributed by atoms with Crippen LogP contribution in [0.4, 0.5) is 0 Å². The fraction of sp³-hybridized carbons (Fsp3) is 0.571. The van der Waals surface area contributed by atoms with Gasteiger partial charge in [-0.2, -0.15) is 4.98 Å². The van der Waals surface area contributed by atoms with Crippen LogP contribution in [0.25, 0.3) is 0 Å². The number of nitrogens with zero attached hydrogens (tertiary/aromatic N) is 3. The van der Waals surface area contributed by atoms with Crippen LogP contribution < -0.4 is 0 Å². The zero-order valence-corrected chi connectivity index (χ0v) is 15.8. The highest BCUT2D eigenvalue weighted by Crippen LogP contribution is 2.32. The van der Waals surface area contributed by atoms with Gasteiger partial charge in [0.25, 0.3) is 0 Å². The molecule has 1 aliphatic carbocycles. The van der Waals surface area contributed by atoms with Crippen molar-refractivity contribution in [1.29, 1.82) is 0 Å². The van der Waals surface area contributed by atoms with Crippen molar-refractivity contribution in [2.45, 2.75) is 45.1 Å². The van der Waals surface area contributed by atoms with Crippen LogP contribution in [0.3, 0.4) is 0 Å². The van der Waals surface area contributed by atoms with Crippen molar-refractivity contribution < 1.29 is 14.1 Å². The zero-order chi connectivity index (χ0) is 18.6. The van der Waals surface area contributed by atoms with Crippen LogP contribution in [0, 0.1) is 18.8 Å². The Labute approximate surface area is 159 Å². The number of amides is 1. The molecule has 2 fully saturated rings. The lowest BCUT2D eigenvalue weighted by molar-refractivity contribution is -0.136. The van der Waals surface area contributed by atoms with Gasteiger partial charge in [0, 0.05) is 25.6 Å². The first-order valence-electron chi connectivity index (χ1n) is 9.90. The molecule has 0 bridgehead atoms. The molecule has 1 aromatic heterocycles. The number of carbonyl (C=O) groups excluding carboxylic acids is 1. The number of piperidine rings is 1. The second-order valence-corrected chi connectivity index (χ2v) is 7.81. The first kappa shape index (κ1) is 18.2. The van der Waals surface area contributed by atoms with E-state index in [9.17, 15) is 4.79 Å². The molecule has 2 aliphatic rings. The quantitative estimate of drug-likeness (QED) is 0.751. The minimum Gasteiger partial charge on any atom is -0.377 e. The molecule has 0 N–H and O–H groups in total. The molecule has 1 aliphatic heterocycles. The number of aromatic nitrogens is 2. The average Bonchev–Trinajstić information content (AvgIpc) is 3.42. The van der Waals surface area contributed by atoms with E-state index in [-0.39, 0.29) is 18.4 Å². The average molecular weight is 369 g/mol. The number of aryl methyl sites for hydroxylation is 1. The highest BCUT2D eigenvalue weighted by molar-refractivity contribution is 5.77. The molecule has 1 saturated carbocycles. The Hall–Kier alpha value is -2.21. The van der Waals surface area contributed by atoms with Crippen molar-refractivity contribution in [1.82, 2.24) is 15.0 Å². The van der Waals surface area contributed by atoms with Gasteiger partial charge in [0.15, 0.2) is 5.82 Å². The Morgan fingerprint density at radius 1 is 1.26 bits per heavy atom. The largest absolute Gasteiger partial charge is 0.377 e. The highest BCUT2D eigenvalue weighted by Gasteiger charge is 2.34. The monoisotopic (exact) mass is 369 g/mol. The van der Waals surface area contributed by atoms with Gasteiger partial charge in [0.2, 0.25) is 11.8 Å². The standard InChI is InChI=1S/C21H27N3O3/c1-15-22-20(27-23-15)12-21(25)24-10-9-19(26-14-17-7-8-17)18(13-24)11-16-5-3-2-4-6-16/h2-6,17-19H,7-14H2,1H3/t18-,19-/m1/s1. The van der Waals surface area contributed by atoms with Crippen molar-refractivity contribution in [3.63, 3.8) is 0 Å². The summed E-state index contributed by atoms with van der Waals surface area (Å²) in [4.78, 5) is 18.8. The van der Waals surface area contributed by atoms with Crippen LogP contribution in [-0.4, -0.2) is 46.7 Å². The predicted molar refractivity (Wildman–Crippen MR) is 100 cm³/mol. The van der Waals surface area contributed by atoms with Gasteiger partial charge in [-0.3, -0.25) is 4.79 Å². The van der Waals surface area contributed by atoms with E-state index in [0.29, 0.717) is 17.6 Å². The summed E-state index contributed by atoms with van der Waals surface area (Å²) in [5.41, 5.74) is 1.30. The van der Waals surface area contributed by atoms with Crippen molar-refractivity contribution in [2.75, 3.05) is 19.7 Å². The molecule has 0 unspecified atom stereocenters. The predicted octanol–water partition coefficient (Wildman–Crippen LogP) is 2.81. The molecule has 0 radical (unpaired) electrons. The van der Waals surface area contributed by atoms with Gasteiger partial charge in [0.05, 0.1) is 6.10 Å². The second-order valence-electron chi connectivity index (χ2n) is 7.81. The fourth-order valence-corrected chi connectivity index (χ4v) is 3.77. The third-order valence-corrected chi connectivity index (χ3v) is 5.47. The van der Waals surface area contributed by atoms with E-state index in [4.69, 9.17) is 9.26 Å². The third kappa shape index (κ3) is 4.95. The molecule has 6 nitrogen and oxygen atoms in total. The molecule has 144 valence electrons. The van der Waals surface area contributed by atoms with E-state index in [0.717, 1.165) is 38.5 Å². The van der Waals surface area contributed by atoms with Crippen LogP contribution >= 0.6 is 0 Å². The zero-order valence-electron chi connectivity index (χ0n) is 15.8. The molecular weight excluding hydrogens is 342 g/mol. The van der Waals surface area contributed by atoms with Crippen LogP contribution in [0.2, 0.25) is 0 Å². The minimum atomic E-state index is 0.0531. The van der Waals surface area contributed by atoms with Gasteiger partial charge in [-0.25, -0.2) is 0 Å². The highest BCUT2D eigenvalue weighted by atomic mass is 16.5. The third-order valence-electron chi connectivity index (χ3n) is 5.47. The number of likely N-dealkylation sites (tertiary alicyclic amines) is 1. The fourth-order valence-electron chi connectivity index (χ4n) is 3.77. The Bertz CT molecular complexity index is 757. The summed E-state index contributed by atoms with van der Waals surface area (Å²) < 4.78 is 11.4. The summed E-state index contributed by atoms with van der Waals surface area (Å²) >= 11 is 0. The van der Waals surface area contributed by atoms with Crippen LogP contribution in [0.1, 0.15) is 36.5 Å². The van der Waals surface area contributed by atoms with Crippen LogP contribution in [0.15, 0.2) is 34.9 Å². The van der Waals surface area contributed by atoms with Gasteiger partial charge >= 0.3 is 0 Å². The Kier molecular flexibility index (Phi) is 5.53. The molecule has 1 saturated heterocycles. The summed E-state index contributed by atoms with van der Waals surface area (Å²) in [6, 6.07) is 10.5. The maximum absolute atomic E-state index is 12.7. The lowest BCUT2D eigenvalue weighted by atomic mass is 9.88. The first-order valence-corrected chi connectivity index (χ1v) is 9.90. The van der Waals surface area contributed by atoms with E-state index >= 15 is 0 Å². The minimum absolute atomic E-state index is 0.0531. The summed E-state index contributed by atoms with van der Waals surface area (Å²) in [5.74, 6) is 2.07. The first-order chi connectivity index (χ1) is 13.2. The maximum Gasteiger partial charge on any atom is 0.236 e. The summed E-state index contributed by atoms with van der Waals surface area (Å²) in [7, 11) is 0. The smallest absolute Gasteiger partial charge is 0.236 e. The van der Waals surface area contributed by atoms with E-state index in [1.165, 1.54) is 18.4 Å². The SMILES string of the molecule is Cc1noc(CC(=O)N2CC[C@@H](OCC3CC3)[C@H](Cc3ccccc3)C2)n1. The molecule has 2 atom stereocenters. The molecule has 27 heavy (non-hydrogen) atoms. The van der Waals surface area contributed by atoms with Crippen molar-refractivity contribution in [2.24, 2.45) is 11.8 Å². The van der Waals surface area contributed by atoms with Gasteiger partial charge in [-0.1, -0.05) is 35.5 Å². The van der Waals surface area contributed by atoms with E-state index in [1.54, 1.807) is 6.92 Å². The lowest BCUT2D eigenvalue weighted by Gasteiger charge is -2.38. The van der Waals surface area contributed by atoms with Gasteiger partial charge in [-0.05, 0) is 44.1 Å². The number of hydrogen-bond acceptors (Lipinski definition) is 5.